The zero-order valence-corrected chi connectivity index (χ0v) is 15.3. The standard InChI is InChI=1S/C22H25N3O/c1-17-10-4-5-11-18(17)22-23-19-12-6-7-13-20(19)25(22)16-21(26)24-14-8-2-3-9-15-24/h4-7,10-13H,2-3,8-9,14-16H2,1H3. The molecule has 4 heteroatoms. The number of nitrogens with zero attached hydrogens (tertiary/aromatic N) is 3. The van der Waals surface area contributed by atoms with Crippen LogP contribution in [0.1, 0.15) is 31.2 Å². The van der Waals surface area contributed by atoms with Crippen molar-refractivity contribution in [1.82, 2.24) is 14.5 Å². The van der Waals surface area contributed by atoms with E-state index in [0.717, 1.165) is 48.4 Å². The van der Waals surface area contributed by atoms with Crippen molar-refractivity contribution in [1.29, 1.82) is 0 Å². The first kappa shape index (κ1) is 16.8. The molecule has 3 aromatic rings. The Morgan fingerprint density at radius 3 is 2.42 bits per heavy atom. The van der Waals surface area contributed by atoms with Crippen LogP contribution in [0.3, 0.4) is 0 Å². The Kier molecular flexibility index (Phi) is 4.74. The van der Waals surface area contributed by atoms with Crippen LogP contribution in [0.15, 0.2) is 48.5 Å². The zero-order valence-electron chi connectivity index (χ0n) is 15.3. The Bertz CT molecular complexity index is 920. The Balaban J connectivity index is 1.74. The second-order valence-electron chi connectivity index (χ2n) is 7.12. The van der Waals surface area contributed by atoms with Crippen molar-refractivity contribution < 1.29 is 4.79 Å². The summed E-state index contributed by atoms with van der Waals surface area (Å²) in [6.45, 7) is 4.20. The summed E-state index contributed by atoms with van der Waals surface area (Å²) >= 11 is 0. The topological polar surface area (TPSA) is 38.1 Å². The van der Waals surface area contributed by atoms with E-state index in [4.69, 9.17) is 4.98 Å². The number of aromatic nitrogens is 2. The molecular formula is C22H25N3O. The van der Waals surface area contributed by atoms with Gasteiger partial charge in [-0.2, -0.15) is 0 Å². The smallest absolute Gasteiger partial charge is 0.242 e. The number of fused-ring (bicyclic) bond motifs is 1. The van der Waals surface area contributed by atoms with Crippen LogP contribution in [0.25, 0.3) is 22.4 Å². The number of hydrogen-bond donors (Lipinski definition) is 0. The fraction of sp³-hybridized carbons (Fsp3) is 0.364. The molecule has 0 N–H and O–H groups in total. The van der Waals surface area contributed by atoms with Crippen molar-refractivity contribution in [2.24, 2.45) is 0 Å². The van der Waals surface area contributed by atoms with E-state index >= 15 is 0 Å². The number of benzene rings is 2. The van der Waals surface area contributed by atoms with Crippen molar-refractivity contribution in [3.8, 4) is 11.4 Å². The highest BCUT2D eigenvalue weighted by atomic mass is 16.2. The van der Waals surface area contributed by atoms with Crippen LogP contribution in [0.2, 0.25) is 0 Å². The van der Waals surface area contributed by atoms with E-state index in [-0.39, 0.29) is 5.91 Å². The van der Waals surface area contributed by atoms with Crippen molar-refractivity contribution in [3.05, 3.63) is 54.1 Å². The molecule has 2 heterocycles. The molecule has 1 aromatic heterocycles. The second-order valence-corrected chi connectivity index (χ2v) is 7.12. The normalized spacial score (nSPS) is 15.2. The molecular weight excluding hydrogens is 322 g/mol. The fourth-order valence-corrected chi connectivity index (χ4v) is 3.82. The molecule has 1 fully saturated rings. The molecule has 2 aromatic carbocycles. The molecule has 0 aliphatic carbocycles. The predicted molar refractivity (Wildman–Crippen MR) is 105 cm³/mol. The van der Waals surface area contributed by atoms with Crippen LogP contribution in [-0.4, -0.2) is 33.4 Å². The summed E-state index contributed by atoms with van der Waals surface area (Å²) < 4.78 is 2.09. The molecule has 1 amide bonds. The summed E-state index contributed by atoms with van der Waals surface area (Å²) in [6, 6.07) is 16.3. The minimum absolute atomic E-state index is 0.199. The minimum Gasteiger partial charge on any atom is -0.341 e. The quantitative estimate of drug-likeness (QED) is 0.704. The summed E-state index contributed by atoms with van der Waals surface area (Å²) in [4.78, 5) is 19.9. The van der Waals surface area contributed by atoms with Crippen LogP contribution < -0.4 is 0 Å². The zero-order chi connectivity index (χ0) is 17.9. The number of aryl methyl sites for hydroxylation is 1. The summed E-state index contributed by atoms with van der Waals surface area (Å²) in [5, 5.41) is 0. The van der Waals surface area contributed by atoms with E-state index in [9.17, 15) is 4.79 Å². The number of hydrogen-bond acceptors (Lipinski definition) is 2. The van der Waals surface area contributed by atoms with Crippen molar-refractivity contribution in [3.63, 3.8) is 0 Å². The van der Waals surface area contributed by atoms with Gasteiger partial charge in [-0.05, 0) is 37.5 Å². The van der Waals surface area contributed by atoms with E-state index in [0.29, 0.717) is 6.54 Å². The molecule has 134 valence electrons. The fourth-order valence-electron chi connectivity index (χ4n) is 3.82. The number of carbonyl (C=O) groups is 1. The van der Waals surface area contributed by atoms with E-state index in [1.165, 1.54) is 18.4 Å². The molecule has 26 heavy (non-hydrogen) atoms. The predicted octanol–water partition coefficient (Wildman–Crippen LogP) is 4.41. The molecule has 4 nitrogen and oxygen atoms in total. The number of amides is 1. The highest BCUT2D eigenvalue weighted by molar-refractivity contribution is 5.85. The van der Waals surface area contributed by atoms with Gasteiger partial charge in [0, 0.05) is 18.7 Å². The van der Waals surface area contributed by atoms with E-state index in [1.807, 2.05) is 35.2 Å². The Labute approximate surface area is 154 Å². The lowest BCUT2D eigenvalue weighted by Crippen LogP contribution is -2.34. The summed E-state index contributed by atoms with van der Waals surface area (Å²) in [6.07, 6.45) is 4.68. The van der Waals surface area contributed by atoms with Gasteiger partial charge in [0.25, 0.3) is 0 Å². The van der Waals surface area contributed by atoms with Gasteiger partial charge in [0.05, 0.1) is 11.0 Å². The highest BCUT2D eigenvalue weighted by Gasteiger charge is 2.20. The SMILES string of the molecule is Cc1ccccc1-c1nc2ccccc2n1CC(=O)N1CCCCCC1. The first-order valence-corrected chi connectivity index (χ1v) is 9.53. The number of para-hydroxylation sites is 2. The third-order valence-electron chi connectivity index (χ3n) is 5.29. The van der Waals surface area contributed by atoms with Crippen LogP contribution >= 0.6 is 0 Å². The molecule has 0 atom stereocenters. The van der Waals surface area contributed by atoms with E-state index < -0.39 is 0 Å². The molecule has 0 unspecified atom stereocenters. The highest BCUT2D eigenvalue weighted by Crippen LogP contribution is 2.27. The van der Waals surface area contributed by atoms with Gasteiger partial charge in [0.2, 0.25) is 5.91 Å². The molecule has 4 rings (SSSR count). The Hall–Kier alpha value is -2.62. The van der Waals surface area contributed by atoms with Gasteiger partial charge >= 0.3 is 0 Å². The monoisotopic (exact) mass is 347 g/mol. The molecule has 0 radical (unpaired) electrons. The van der Waals surface area contributed by atoms with Gasteiger partial charge in [-0.25, -0.2) is 4.98 Å². The number of likely N-dealkylation sites (tertiary alicyclic amines) is 1. The summed E-state index contributed by atoms with van der Waals surface area (Å²) in [5.41, 5.74) is 4.22. The molecule has 0 spiro atoms. The van der Waals surface area contributed by atoms with Gasteiger partial charge in [0.15, 0.2) is 0 Å². The molecule has 1 saturated heterocycles. The molecule has 0 saturated carbocycles. The van der Waals surface area contributed by atoms with Gasteiger partial charge in [-0.15, -0.1) is 0 Å². The van der Waals surface area contributed by atoms with E-state index in [2.05, 4.69) is 29.7 Å². The first-order chi connectivity index (χ1) is 12.7. The molecule has 0 bridgehead atoms. The summed E-state index contributed by atoms with van der Waals surface area (Å²) in [5.74, 6) is 1.08. The van der Waals surface area contributed by atoms with Crippen molar-refractivity contribution in [2.45, 2.75) is 39.2 Å². The van der Waals surface area contributed by atoms with Crippen molar-refractivity contribution >= 4 is 16.9 Å². The lowest BCUT2D eigenvalue weighted by Gasteiger charge is -2.21. The van der Waals surface area contributed by atoms with Gasteiger partial charge in [0.1, 0.15) is 12.4 Å². The average Bonchev–Trinajstić information content (AvgIpc) is 2.84. The average molecular weight is 347 g/mol. The number of imidazole rings is 1. The second kappa shape index (κ2) is 7.32. The lowest BCUT2D eigenvalue weighted by atomic mass is 10.1. The van der Waals surface area contributed by atoms with Gasteiger partial charge in [-0.1, -0.05) is 49.2 Å². The Morgan fingerprint density at radius 2 is 1.65 bits per heavy atom. The largest absolute Gasteiger partial charge is 0.341 e. The maximum Gasteiger partial charge on any atom is 0.242 e. The lowest BCUT2D eigenvalue weighted by molar-refractivity contribution is -0.131. The maximum absolute atomic E-state index is 13.0. The third kappa shape index (κ3) is 3.24. The number of rotatable bonds is 3. The van der Waals surface area contributed by atoms with Crippen molar-refractivity contribution in [2.75, 3.05) is 13.1 Å². The van der Waals surface area contributed by atoms with E-state index in [1.54, 1.807) is 0 Å². The molecule has 1 aliphatic rings. The van der Waals surface area contributed by atoms with Crippen LogP contribution in [0, 0.1) is 6.92 Å². The van der Waals surface area contributed by atoms with Crippen LogP contribution in [0.4, 0.5) is 0 Å². The maximum atomic E-state index is 13.0. The summed E-state index contributed by atoms with van der Waals surface area (Å²) in [7, 11) is 0. The van der Waals surface area contributed by atoms with Crippen LogP contribution in [0.5, 0.6) is 0 Å². The molecule has 1 aliphatic heterocycles. The third-order valence-corrected chi connectivity index (χ3v) is 5.29. The Morgan fingerprint density at radius 1 is 0.962 bits per heavy atom. The van der Waals surface area contributed by atoms with Gasteiger partial charge < -0.3 is 9.47 Å². The first-order valence-electron chi connectivity index (χ1n) is 9.53. The van der Waals surface area contributed by atoms with Gasteiger partial charge in [-0.3, -0.25) is 4.79 Å². The van der Waals surface area contributed by atoms with Crippen LogP contribution in [-0.2, 0) is 11.3 Å². The number of carbonyl (C=O) groups excluding carboxylic acids is 1. The minimum atomic E-state index is 0.199.